The summed E-state index contributed by atoms with van der Waals surface area (Å²) in [5.41, 5.74) is 24.6. The van der Waals surface area contributed by atoms with E-state index in [0.29, 0.717) is 18.4 Å². The van der Waals surface area contributed by atoms with Gasteiger partial charge in [-0.25, -0.2) is 0 Å². The maximum atomic E-state index is 6.61. The lowest BCUT2D eigenvalue weighted by molar-refractivity contribution is 0.306. The molecule has 0 aliphatic heterocycles. The Morgan fingerprint density at radius 2 is 1.01 bits per heavy atom. The highest BCUT2D eigenvalue weighted by Crippen LogP contribution is 2.58. The predicted molar refractivity (Wildman–Crippen MR) is 309 cm³/mol. The van der Waals surface area contributed by atoms with E-state index in [4.69, 9.17) is 4.74 Å². The lowest BCUT2D eigenvalue weighted by atomic mass is 9.67. The zero-order chi connectivity index (χ0) is 50.2. The van der Waals surface area contributed by atoms with Crippen LogP contribution in [0.5, 0.6) is 5.75 Å². The fourth-order valence-corrected chi connectivity index (χ4v) is 12.2. The second-order valence-corrected chi connectivity index (χ2v) is 20.9. The SMILES string of the molecule is CCC(CC(C)c1ccc(COc2ccc(C3(c4cc(C)cc(C)c4)c4ccccc4-c4ccc(N(c5ccc(-c6ccccc6)cc5)c5ccc(-c6ccccc6)cc5)cc43)cc2)cc1)c1ccc2c(c1)CC2. The molecule has 2 heteroatoms. The number of rotatable bonds is 15. The Morgan fingerprint density at radius 3 is 1.61 bits per heavy atom. The van der Waals surface area contributed by atoms with Crippen LogP contribution in [0.1, 0.15) is 99.7 Å². The van der Waals surface area contributed by atoms with E-state index in [2.05, 4.69) is 269 Å². The summed E-state index contributed by atoms with van der Waals surface area (Å²) in [6.07, 6.45) is 4.79. The van der Waals surface area contributed by atoms with Gasteiger partial charge in [-0.05, 0) is 183 Å². The van der Waals surface area contributed by atoms with Crippen molar-refractivity contribution in [3.05, 3.63) is 298 Å². The van der Waals surface area contributed by atoms with Crippen LogP contribution >= 0.6 is 0 Å². The van der Waals surface area contributed by atoms with Gasteiger partial charge < -0.3 is 9.64 Å². The van der Waals surface area contributed by atoms with Crippen molar-refractivity contribution in [1.29, 1.82) is 0 Å². The first-order chi connectivity index (χ1) is 36.3. The lowest BCUT2D eigenvalue weighted by Crippen LogP contribution is -2.29. The first kappa shape index (κ1) is 46.8. The minimum Gasteiger partial charge on any atom is -0.489 e. The molecule has 0 saturated heterocycles. The van der Waals surface area contributed by atoms with Crippen molar-refractivity contribution < 1.29 is 4.74 Å². The molecule has 0 heterocycles. The third kappa shape index (κ3) is 8.83. The summed E-state index contributed by atoms with van der Waals surface area (Å²) in [6.45, 7) is 9.68. The highest BCUT2D eigenvalue weighted by atomic mass is 16.5. The Morgan fingerprint density at radius 1 is 0.459 bits per heavy atom. The minimum atomic E-state index is -0.609. The van der Waals surface area contributed by atoms with Crippen LogP contribution in [0.25, 0.3) is 33.4 Å². The fourth-order valence-electron chi connectivity index (χ4n) is 12.2. The van der Waals surface area contributed by atoms with Crippen molar-refractivity contribution in [2.75, 3.05) is 4.90 Å². The smallest absolute Gasteiger partial charge is 0.119 e. The number of aryl methyl sites for hydroxylation is 4. The molecule has 0 radical (unpaired) electrons. The number of fused-ring (bicyclic) bond motifs is 4. The molecule has 12 rings (SSSR count). The predicted octanol–water partition coefficient (Wildman–Crippen LogP) is 18.8. The number of hydrogen-bond donors (Lipinski definition) is 0. The molecule has 0 N–H and O–H groups in total. The lowest BCUT2D eigenvalue weighted by Gasteiger charge is -2.35. The molecule has 2 nitrogen and oxygen atoms in total. The van der Waals surface area contributed by atoms with Crippen LogP contribution in [-0.2, 0) is 24.9 Å². The Hall–Kier alpha value is -8.20. The first-order valence-corrected chi connectivity index (χ1v) is 26.7. The van der Waals surface area contributed by atoms with E-state index in [-0.39, 0.29) is 0 Å². The molecular weight excluding hydrogens is 895 g/mol. The van der Waals surface area contributed by atoms with Crippen molar-refractivity contribution in [1.82, 2.24) is 0 Å². The molecule has 2 aliphatic rings. The first-order valence-electron chi connectivity index (χ1n) is 26.7. The Bertz CT molecular complexity index is 3470. The molecule has 3 atom stereocenters. The molecule has 0 fully saturated rings. The normalized spacial score (nSPS) is 15.0. The quantitative estimate of drug-likeness (QED) is 0.102. The molecule has 3 unspecified atom stereocenters. The van der Waals surface area contributed by atoms with Gasteiger partial charge in [-0.1, -0.05) is 213 Å². The van der Waals surface area contributed by atoms with Crippen molar-refractivity contribution in [2.24, 2.45) is 0 Å². The Balaban J connectivity index is 0.890. The van der Waals surface area contributed by atoms with E-state index in [9.17, 15) is 0 Å². The van der Waals surface area contributed by atoms with Gasteiger partial charge >= 0.3 is 0 Å². The second-order valence-electron chi connectivity index (χ2n) is 20.9. The zero-order valence-corrected chi connectivity index (χ0v) is 43.1. The van der Waals surface area contributed by atoms with Crippen LogP contribution in [0.4, 0.5) is 17.1 Å². The van der Waals surface area contributed by atoms with Crippen LogP contribution in [-0.4, -0.2) is 0 Å². The summed E-state index contributed by atoms with van der Waals surface area (Å²) < 4.78 is 6.61. The number of benzene rings is 10. The molecule has 0 aromatic heterocycles. The summed E-state index contributed by atoms with van der Waals surface area (Å²) in [7, 11) is 0. The Labute approximate surface area is 438 Å². The maximum absolute atomic E-state index is 6.61. The zero-order valence-electron chi connectivity index (χ0n) is 43.1. The van der Waals surface area contributed by atoms with E-state index >= 15 is 0 Å². The number of hydrogen-bond acceptors (Lipinski definition) is 2. The van der Waals surface area contributed by atoms with Crippen LogP contribution in [0.2, 0.25) is 0 Å². The minimum absolute atomic E-state index is 0.473. The van der Waals surface area contributed by atoms with Crippen molar-refractivity contribution in [2.45, 2.75) is 77.2 Å². The van der Waals surface area contributed by atoms with Crippen LogP contribution < -0.4 is 9.64 Å². The molecular formula is C72H63NO. The third-order valence-electron chi connectivity index (χ3n) is 16.1. The summed E-state index contributed by atoms with van der Waals surface area (Å²) in [5, 5.41) is 0. The molecule has 362 valence electrons. The van der Waals surface area contributed by atoms with Gasteiger partial charge in [0.15, 0.2) is 0 Å². The second kappa shape index (κ2) is 20.0. The van der Waals surface area contributed by atoms with Gasteiger partial charge in [0.2, 0.25) is 0 Å². The summed E-state index contributed by atoms with van der Waals surface area (Å²) in [5.74, 6) is 1.90. The van der Waals surface area contributed by atoms with Gasteiger partial charge in [0.05, 0.1) is 5.41 Å². The largest absolute Gasteiger partial charge is 0.489 e. The summed E-state index contributed by atoms with van der Waals surface area (Å²) in [6, 6.07) is 87.9. The highest BCUT2D eigenvalue weighted by Gasteiger charge is 2.46. The molecule has 2 aliphatic carbocycles. The maximum Gasteiger partial charge on any atom is 0.119 e. The van der Waals surface area contributed by atoms with Gasteiger partial charge in [-0.3, -0.25) is 0 Å². The standard InChI is InChI=1S/C72H63NO/c1-5-53(60-26-24-59-25-27-61(59)46-60)45-51(4)54-22-20-52(21-23-54)48-74-67-39-32-62(33-40-67)72(63-43-49(2)42-50(3)44-63)70-19-13-12-18-68(70)69-41-38-66(47-71(69)72)73(64-34-28-57(29-35-64)55-14-8-6-9-15-55)65-36-30-58(31-37-65)56-16-10-7-11-17-56/h6-24,26,28-44,46-47,51,53H,5,25,27,45,48H2,1-4H3. The van der Waals surface area contributed by atoms with Crippen LogP contribution in [0.3, 0.4) is 0 Å². The molecule has 10 aromatic rings. The van der Waals surface area contributed by atoms with Gasteiger partial charge in [0, 0.05) is 17.1 Å². The van der Waals surface area contributed by atoms with Gasteiger partial charge in [0.25, 0.3) is 0 Å². The molecule has 10 aromatic carbocycles. The number of anilines is 3. The van der Waals surface area contributed by atoms with E-state index in [1.165, 1.54) is 102 Å². The van der Waals surface area contributed by atoms with Gasteiger partial charge in [-0.15, -0.1) is 0 Å². The summed E-state index contributed by atoms with van der Waals surface area (Å²) >= 11 is 0. The third-order valence-corrected chi connectivity index (χ3v) is 16.1. The molecule has 0 bridgehead atoms. The van der Waals surface area contributed by atoms with E-state index in [0.717, 1.165) is 35.7 Å². The van der Waals surface area contributed by atoms with Crippen LogP contribution in [0, 0.1) is 13.8 Å². The Kier molecular flexibility index (Phi) is 12.7. The number of ether oxygens (including phenoxy) is 1. The monoisotopic (exact) mass is 957 g/mol. The molecule has 0 spiro atoms. The van der Waals surface area contributed by atoms with E-state index < -0.39 is 5.41 Å². The molecule has 74 heavy (non-hydrogen) atoms. The average Bonchev–Trinajstić information content (AvgIpc) is 3.73. The van der Waals surface area contributed by atoms with Crippen LogP contribution in [0.15, 0.2) is 237 Å². The van der Waals surface area contributed by atoms with E-state index in [1.54, 1.807) is 5.56 Å². The van der Waals surface area contributed by atoms with Crippen molar-refractivity contribution in [3.63, 3.8) is 0 Å². The average molecular weight is 958 g/mol. The number of nitrogens with zero attached hydrogens (tertiary/aromatic N) is 1. The summed E-state index contributed by atoms with van der Waals surface area (Å²) in [4.78, 5) is 2.42. The fraction of sp³-hybridized carbons (Fsp3) is 0.167. The molecule has 0 amide bonds. The molecule has 0 saturated carbocycles. The highest BCUT2D eigenvalue weighted by molar-refractivity contribution is 5.90. The van der Waals surface area contributed by atoms with E-state index in [1.807, 2.05) is 0 Å². The van der Waals surface area contributed by atoms with Crippen molar-refractivity contribution >= 4 is 17.1 Å². The topological polar surface area (TPSA) is 12.5 Å². The van der Waals surface area contributed by atoms with Crippen molar-refractivity contribution in [3.8, 4) is 39.1 Å². The van der Waals surface area contributed by atoms with Gasteiger partial charge in [0.1, 0.15) is 12.4 Å². The van der Waals surface area contributed by atoms with Gasteiger partial charge in [-0.2, -0.15) is 0 Å².